The normalized spacial score (nSPS) is 23.2. The molecule has 4 rings (SSSR count). The number of H-pyrrole nitrogens is 1. The van der Waals surface area contributed by atoms with Crippen molar-refractivity contribution in [2.24, 2.45) is 11.8 Å². The molecule has 2 aromatic rings. The van der Waals surface area contributed by atoms with Crippen LogP contribution in [0.5, 0.6) is 5.75 Å². The number of aromatic amines is 1. The van der Waals surface area contributed by atoms with Gasteiger partial charge in [-0.2, -0.15) is 0 Å². The van der Waals surface area contributed by atoms with Crippen LogP contribution in [-0.4, -0.2) is 65.2 Å². The Morgan fingerprint density at radius 2 is 1.97 bits per heavy atom. The van der Waals surface area contributed by atoms with Gasteiger partial charge in [-0.15, -0.1) is 0 Å². The predicted molar refractivity (Wildman–Crippen MR) is 145 cm³/mol. The maximum atomic E-state index is 12.9. The summed E-state index contributed by atoms with van der Waals surface area (Å²) in [6, 6.07) is 6.33. The van der Waals surface area contributed by atoms with Crippen molar-refractivity contribution >= 4 is 25.2 Å². The standard InChI is InChI=1S/C28H42N2O5Si/c1-28(2,3)36(7,8)35-16-18-15-30-13-12-19-25-22(10-9-11-24(25)33-5)29-26(19)23(30)14-20(18)21(17-32-4)27(31)34-6/h9-11,17-18,20,23,29H,12-16H2,1-8H3/b21-17+/t18-,20-,23-/m0/s1. The summed E-state index contributed by atoms with van der Waals surface area (Å²) < 4.78 is 23.0. The minimum atomic E-state index is -1.95. The minimum absolute atomic E-state index is 0.0392. The van der Waals surface area contributed by atoms with Crippen LogP contribution in [0.15, 0.2) is 30.0 Å². The molecule has 1 N–H and O–H groups in total. The number of rotatable bonds is 7. The SMILES string of the molecule is CO/C=C(/C(=O)OC)[C@H]1C[C@H]2c3[nH]c4cccc(OC)c4c3CCN2C[C@H]1CO[Si](C)(C)C(C)(C)C. The number of carbonyl (C=O) groups excluding carboxylic acids is 1. The van der Waals surface area contributed by atoms with Gasteiger partial charge in [-0.1, -0.05) is 26.8 Å². The summed E-state index contributed by atoms with van der Waals surface area (Å²) in [5.41, 5.74) is 4.25. The third kappa shape index (κ3) is 4.83. The second kappa shape index (κ2) is 10.2. The van der Waals surface area contributed by atoms with Gasteiger partial charge in [-0.3, -0.25) is 4.90 Å². The van der Waals surface area contributed by atoms with Crippen LogP contribution in [0, 0.1) is 11.8 Å². The van der Waals surface area contributed by atoms with Gasteiger partial charge in [0.2, 0.25) is 0 Å². The zero-order valence-corrected chi connectivity index (χ0v) is 24.1. The number of carbonyl (C=O) groups is 1. The van der Waals surface area contributed by atoms with Crippen molar-refractivity contribution in [2.75, 3.05) is 41.0 Å². The van der Waals surface area contributed by atoms with Crippen LogP contribution < -0.4 is 4.74 Å². The zero-order valence-electron chi connectivity index (χ0n) is 23.1. The second-order valence-corrected chi connectivity index (χ2v) is 16.4. The van der Waals surface area contributed by atoms with E-state index < -0.39 is 8.32 Å². The van der Waals surface area contributed by atoms with E-state index in [0.29, 0.717) is 12.2 Å². The molecule has 1 fully saturated rings. The maximum absolute atomic E-state index is 12.9. The number of esters is 1. The number of aromatic nitrogens is 1. The summed E-state index contributed by atoms with van der Waals surface area (Å²) in [4.78, 5) is 19.2. The summed E-state index contributed by atoms with van der Waals surface area (Å²) in [6.07, 6.45) is 3.33. The van der Waals surface area contributed by atoms with Crippen molar-refractivity contribution in [3.05, 3.63) is 41.3 Å². The van der Waals surface area contributed by atoms with Gasteiger partial charge in [0.25, 0.3) is 0 Å². The molecule has 1 aromatic heterocycles. The lowest BCUT2D eigenvalue weighted by Gasteiger charge is -2.47. The molecule has 0 amide bonds. The first-order valence-electron chi connectivity index (χ1n) is 12.9. The van der Waals surface area contributed by atoms with Gasteiger partial charge in [-0.05, 0) is 48.7 Å². The average Bonchev–Trinajstić information content (AvgIpc) is 3.23. The molecule has 0 radical (unpaired) electrons. The highest BCUT2D eigenvalue weighted by Crippen LogP contribution is 2.47. The molecule has 3 heterocycles. The van der Waals surface area contributed by atoms with Crippen LogP contribution >= 0.6 is 0 Å². The second-order valence-electron chi connectivity index (χ2n) is 11.6. The Labute approximate surface area is 216 Å². The lowest BCUT2D eigenvalue weighted by Crippen LogP contribution is -2.50. The molecule has 198 valence electrons. The van der Waals surface area contributed by atoms with Crippen molar-refractivity contribution in [3.63, 3.8) is 0 Å². The fourth-order valence-electron chi connectivity index (χ4n) is 5.57. The lowest BCUT2D eigenvalue weighted by atomic mass is 9.75. The van der Waals surface area contributed by atoms with Crippen LogP contribution in [0.4, 0.5) is 0 Å². The van der Waals surface area contributed by atoms with Crippen molar-refractivity contribution in [1.29, 1.82) is 0 Å². The Bertz CT molecular complexity index is 1130. The van der Waals surface area contributed by atoms with Gasteiger partial charge in [0.15, 0.2) is 8.32 Å². The van der Waals surface area contributed by atoms with Gasteiger partial charge in [0, 0.05) is 48.1 Å². The Morgan fingerprint density at radius 1 is 1.22 bits per heavy atom. The predicted octanol–water partition coefficient (Wildman–Crippen LogP) is 5.44. The number of hydrogen-bond donors (Lipinski definition) is 1. The molecule has 3 atom stereocenters. The molecule has 1 saturated heterocycles. The van der Waals surface area contributed by atoms with Crippen molar-refractivity contribution in [1.82, 2.24) is 9.88 Å². The summed E-state index contributed by atoms with van der Waals surface area (Å²) in [6.45, 7) is 13.8. The topological polar surface area (TPSA) is 73.0 Å². The van der Waals surface area contributed by atoms with Crippen molar-refractivity contribution in [3.8, 4) is 5.75 Å². The number of ether oxygens (including phenoxy) is 3. The van der Waals surface area contributed by atoms with Crippen LogP contribution in [0.1, 0.15) is 44.5 Å². The molecule has 2 aliphatic heterocycles. The first-order valence-corrected chi connectivity index (χ1v) is 15.8. The summed E-state index contributed by atoms with van der Waals surface area (Å²) >= 11 is 0. The lowest BCUT2D eigenvalue weighted by molar-refractivity contribution is -0.137. The fourth-order valence-corrected chi connectivity index (χ4v) is 6.63. The van der Waals surface area contributed by atoms with E-state index >= 15 is 0 Å². The van der Waals surface area contributed by atoms with Gasteiger partial charge in [0.1, 0.15) is 5.75 Å². The molecule has 2 aliphatic rings. The van der Waals surface area contributed by atoms with E-state index in [1.807, 2.05) is 12.1 Å². The maximum Gasteiger partial charge on any atom is 0.337 e. The highest BCUT2D eigenvalue weighted by atomic mass is 28.4. The Hall–Kier alpha value is -2.29. The molecular formula is C28H42N2O5Si. The molecule has 0 saturated carbocycles. The van der Waals surface area contributed by atoms with Gasteiger partial charge < -0.3 is 23.6 Å². The van der Waals surface area contributed by atoms with Crippen LogP contribution in [0.3, 0.4) is 0 Å². The number of nitrogens with one attached hydrogen (secondary N) is 1. The Morgan fingerprint density at radius 3 is 2.61 bits per heavy atom. The molecule has 0 spiro atoms. The molecule has 7 nitrogen and oxygen atoms in total. The number of benzene rings is 1. The highest BCUT2D eigenvalue weighted by molar-refractivity contribution is 6.74. The largest absolute Gasteiger partial charge is 0.504 e. The van der Waals surface area contributed by atoms with E-state index in [4.69, 9.17) is 18.6 Å². The number of nitrogens with zero attached hydrogens (tertiary/aromatic N) is 1. The average molecular weight is 515 g/mol. The Balaban J connectivity index is 1.71. The van der Waals surface area contributed by atoms with Crippen molar-refractivity contribution in [2.45, 2.75) is 57.8 Å². The van der Waals surface area contributed by atoms with E-state index in [-0.39, 0.29) is 28.9 Å². The zero-order chi connectivity index (χ0) is 26.3. The molecule has 8 heteroatoms. The fraction of sp³-hybridized carbons (Fsp3) is 0.607. The highest BCUT2D eigenvalue weighted by Gasteiger charge is 2.45. The molecule has 0 bridgehead atoms. The minimum Gasteiger partial charge on any atom is -0.504 e. The first-order chi connectivity index (χ1) is 17.0. The molecule has 36 heavy (non-hydrogen) atoms. The number of fused-ring (bicyclic) bond motifs is 5. The van der Waals surface area contributed by atoms with Gasteiger partial charge in [-0.25, -0.2) is 4.79 Å². The van der Waals surface area contributed by atoms with Crippen LogP contribution in [0.2, 0.25) is 18.1 Å². The number of hydrogen-bond acceptors (Lipinski definition) is 6. The molecule has 1 aromatic carbocycles. The quantitative estimate of drug-likeness (QED) is 0.230. The van der Waals surface area contributed by atoms with Gasteiger partial charge in [0.05, 0.1) is 39.2 Å². The van der Waals surface area contributed by atoms with E-state index in [1.54, 1.807) is 20.5 Å². The Kier molecular flexibility index (Phi) is 7.60. The van der Waals surface area contributed by atoms with Gasteiger partial charge >= 0.3 is 5.97 Å². The summed E-state index contributed by atoms with van der Waals surface area (Å²) in [7, 11) is 2.80. The molecule has 0 aliphatic carbocycles. The smallest absolute Gasteiger partial charge is 0.337 e. The third-order valence-corrected chi connectivity index (χ3v) is 13.1. The van der Waals surface area contributed by atoms with E-state index in [2.05, 4.69) is 49.8 Å². The molecule has 0 unspecified atom stereocenters. The van der Waals surface area contributed by atoms with E-state index in [9.17, 15) is 4.79 Å². The third-order valence-electron chi connectivity index (χ3n) is 8.61. The number of methoxy groups -OCH3 is 3. The van der Waals surface area contributed by atoms with Crippen molar-refractivity contribution < 1.29 is 23.4 Å². The van der Waals surface area contributed by atoms with E-state index in [0.717, 1.165) is 37.2 Å². The first kappa shape index (κ1) is 26.8. The van der Waals surface area contributed by atoms with Crippen LogP contribution in [-0.2, 0) is 25.1 Å². The number of piperidine rings is 1. The summed E-state index contributed by atoms with van der Waals surface area (Å²) in [5, 5.41) is 1.30. The summed E-state index contributed by atoms with van der Waals surface area (Å²) in [5.74, 6) is 0.696. The molecular weight excluding hydrogens is 472 g/mol. The van der Waals surface area contributed by atoms with Crippen LogP contribution in [0.25, 0.3) is 10.9 Å². The van der Waals surface area contributed by atoms with E-state index in [1.165, 1.54) is 23.8 Å². The monoisotopic (exact) mass is 514 g/mol.